The Bertz CT molecular complexity index is 928. The lowest BCUT2D eigenvalue weighted by Gasteiger charge is -2.32. The molecule has 0 aliphatic carbocycles. The van der Waals surface area contributed by atoms with Gasteiger partial charge in [-0.1, -0.05) is 0 Å². The van der Waals surface area contributed by atoms with E-state index in [4.69, 9.17) is 20.3 Å². The standard InChI is InChI=1S/C13H18BN3O2.C8H12N2O/c1-12(2)13(3,4)19-14(18-12)9-7-17-11-8(10(9)15)5-6-16-11;9-5-4-8(11)10-6-2-1-3-7-10/h5-7H,1-4H3,(H3,15,16,17);1-4,6-7H2. The number of nitrogens with zero attached hydrogens (tertiary/aromatic N) is 3. The number of hydrogen-bond acceptors (Lipinski definition) is 6. The van der Waals surface area contributed by atoms with E-state index in [1.165, 1.54) is 6.42 Å². The van der Waals surface area contributed by atoms with Gasteiger partial charge in [0.15, 0.2) is 0 Å². The van der Waals surface area contributed by atoms with Crippen molar-refractivity contribution in [1.29, 1.82) is 5.26 Å². The van der Waals surface area contributed by atoms with Crippen molar-refractivity contribution < 1.29 is 14.1 Å². The summed E-state index contributed by atoms with van der Waals surface area (Å²) in [4.78, 5) is 20.3. The van der Waals surface area contributed by atoms with Crippen molar-refractivity contribution in [3.8, 4) is 6.07 Å². The van der Waals surface area contributed by atoms with Gasteiger partial charge in [0.05, 0.1) is 17.3 Å². The highest BCUT2D eigenvalue weighted by Crippen LogP contribution is 2.37. The van der Waals surface area contributed by atoms with E-state index in [2.05, 4.69) is 9.97 Å². The zero-order valence-corrected chi connectivity index (χ0v) is 18.2. The first-order chi connectivity index (χ1) is 14.2. The van der Waals surface area contributed by atoms with Gasteiger partial charge < -0.3 is 24.9 Å². The fourth-order valence-corrected chi connectivity index (χ4v) is 3.52. The summed E-state index contributed by atoms with van der Waals surface area (Å²) < 4.78 is 12.0. The van der Waals surface area contributed by atoms with Gasteiger partial charge in [0, 0.05) is 42.0 Å². The van der Waals surface area contributed by atoms with E-state index in [0.717, 1.165) is 42.4 Å². The van der Waals surface area contributed by atoms with Crippen molar-refractivity contribution in [1.82, 2.24) is 14.9 Å². The predicted octanol–water partition coefficient (Wildman–Crippen LogP) is 2.36. The molecule has 0 atom stereocenters. The van der Waals surface area contributed by atoms with Gasteiger partial charge in [0.1, 0.15) is 12.1 Å². The maximum absolute atomic E-state index is 11.1. The maximum Gasteiger partial charge on any atom is 0.498 e. The molecular weight excluding hydrogens is 381 g/mol. The van der Waals surface area contributed by atoms with Gasteiger partial charge in [-0.3, -0.25) is 4.79 Å². The van der Waals surface area contributed by atoms with E-state index in [9.17, 15) is 4.79 Å². The van der Waals surface area contributed by atoms with Crippen LogP contribution in [0, 0.1) is 11.3 Å². The normalized spacial score (nSPS) is 19.8. The lowest BCUT2D eigenvalue weighted by molar-refractivity contribution is -0.130. The van der Waals surface area contributed by atoms with Gasteiger partial charge in [-0.2, -0.15) is 5.26 Å². The molecule has 2 aromatic rings. The highest BCUT2D eigenvalue weighted by Gasteiger charge is 2.52. The van der Waals surface area contributed by atoms with Crippen molar-refractivity contribution in [2.75, 3.05) is 18.8 Å². The zero-order valence-electron chi connectivity index (χ0n) is 18.2. The minimum Gasteiger partial charge on any atom is -0.399 e. The van der Waals surface area contributed by atoms with Crippen LogP contribution in [0.4, 0.5) is 5.69 Å². The maximum atomic E-state index is 11.1. The Labute approximate surface area is 177 Å². The topological polar surface area (TPSA) is 117 Å². The molecule has 8 nitrogen and oxygen atoms in total. The fraction of sp³-hybridized carbons (Fsp3) is 0.571. The summed E-state index contributed by atoms with van der Waals surface area (Å²) in [5, 5.41) is 9.17. The van der Waals surface area contributed by atoms with Crippen molar-refractivity contribution in [2.45, 2.75) is 64.6 Å². The molecule has 1 amide bonds. The van der Waals surface area contributed by atoms with Crippen LogP contribution in [0.2, 0.25) is 0 Å². The molecule has 2 aromatic heterocycles. The van der Waals surface area contributed by atoms with Crippen LogP contribution in [0.1, 0.15) is 53.4 Å². The van der Waals surface area contributed by atoms with Crippen LogP contribution in [0.5, 0.6) is 0 Å². The number of aromatic nitrogens is 2. The van der Waals surface area contributed by atoms with Crippen molar-refractivity contribution in [3.63, 3.8) is 0 Å². The Morgan fingerprint density at radius 1 is 1.27 bits per heavy atom. The van der Waals surface area contributed by atoms with Crippen molar-refractivity contribution in [3.05, 3.63) is 18.5 Å². The Morgan fingerprint density at radius 3 is 2.50 bits per heavy atom. The molecule has 4 rings (SSSR count). The van der Waals surface area contributed by atoms with E-state index in [0.29, 0.717) is 5.69 Å². The molecule has 0 saturated carbocycles. The molecule has 0 unspecified atom stereocenters. The van der Waals surface area contributed by atoms with Gasteiger partial charge in [0.25, 0.3) is 0 Å². The average Bonchev–Trinajstić information content (AvgIpc) is 3.26. The van der Waals surface area contributed by atoms with Crippen LogP contribution in [-0.2, 0) is 14.1 Å². The lowest BCUT2D eigenvalue weighted by atomic mass is 9.78. The van der Waals surface area contributed by atoms with Crippen LogP contribution in [0.15, 0.2) is 18.5 Å². The highest BCUT2D eigenvalue weighted by atomic mass is 16.7. The van der Waals surface area contributed by atoms with E-state index in [-0.39, 0.29) is 23.5 Å². The lowest BCUT2D eigenvalue weighted by Crippen LogP contribution is -2.41. The molecule has 9 heteroatoms. The summed E-state index contributed by atoms with van der Waals surface area (Å²) in [5.41, 5.74) is 7.66. The smallest absolute Gasteiger partial charge is 0.399 e. The molecule has 0 radical (unpaired) electrons. The third-order valence-corrected chi connectivity index (χ3v) is 6.11. The minimum absolute atomic E-state index is 0.00722. The predicted molar refractivity (Wildman–Crippen MR) is 117 cm³/mol. The van der Waals surface area contributed by atoms with E-state index in [1.807, 2.05) is 46.0 Å². The summed E-state index contributed by atoms with van der Waals surface area (Å²) in [6.07, 6.45) is 6.99. The Hall–Kier alpha value is -2.57. The molecule has 0 bridgehead atoms. The number of carbonyl (C=O) groups is 1. The molecule has 0 aromatic carbocycles. The third kappa shape index (κ3) is 4.45. The van der Waals surface area contributed by atoms with Crippen molar-refractivity contribution >= 4 is 35.2 Å². The summed E-state index contributed by atoms with van der Waals surface area (Å²) in [6.45, 7) is 9.77. The number of fused-ring (bicyclic) bond motifs is 1. The number of pyridine rings is 1. The van der Waals surface area contributed by atoms with Crippen LogP contribution in [-0.4, -0.2) is 52.2 Å². The van der Waals surface area contributed by atoms with Gasteiger partial charge in [-0.25, -0.2) is 4.98 Å². The number of amides is 1. The first-order valence-corrected chi connectivity index (χ1v) is 10.4. The van der Waals surface area contributed by atoms with Gasteiger partial charge in [-0.15, -0.1) is 0 Å². The van der Waals surface area contributed by atoms with E-state index >= 15 is 0 Å². The number of piperidine rings is 1. The van der Waals surface area contributed by atoms with E-state index in [1.54, 1.807) is 11.1 Å². The monoisotopic (exact) mass is 411 g/mol. The number of aromatic amines is 1. The number of likely N-dealkylation sites (tertiary alicyclic amines) is 1. The van der Waals surface area contributed by atoms with Gasteiger partial charge in [0.2, 0.25) is 5.91 Å². The van der Waals surface area contributed by atoms with Gasteiger partial charge >= 0.3 is 7.12 Å². The van der Waals surface area contributed by atoms with Crippen LogP contribution >= 0.6 is 0 Å². The van der Waals surface area contributed by atoms with Crippen molar-refractivity contribution in [2.24, 2.45) is 0 Å². The Kier molecular flexibility index (Phi) is 6.39. The summed E-state index contributed by atoms with van der Waals surface area (Å²) >= 11 is 0. The first-order valence-electron chi connectivity index (χ1n) is 10.4. The number of nitrogens with one attached hydrogen (secondary N) is 1. The molecule has 4 heterocycles. The Balaban J connectivity index is 0.000000199. The number of anilines is 1. The third-order valence-electron chi connectivity index (χ3n) is 6.11. The summed E-state index contributed by atoms with van der Waals surface area (Å²) in [7, 11) is -0.475. The minimum atomic E-state index is -0.475. The van der Waals surface area contributed by atoms with Crippen LogP contribution in [0.3, 0.4) is 0 Å². The number of H-pyrrole nitrogens is 1. The fourth-order valence-electron chi connectivity index (χ4n) is 3.52. The molecule has 2 aliphatic heterocycles. The quantitative estimate of drug-likeness (QED) is 0.733. The number of nitrogen functional groups attached to an aromatic ring is 1. The molecule has 2 fully saturated rings. The first kappa shape index (κ1) is 22.1. The number of rotatable bonds is 2. The number of carbonyl (C=O) groups excluding carboxylic acids is 1. The molecule has 0 spiro atoms. The Morgan fingerprint density at radius 2 is 1.90 bits per heavy atom. The van der Waals surface area contributed by atoms with Crippen LogP contribution in [0.25, 0.3) is 11.0 Å². The average molecular weight is 411 g/mol. The molecule has 160 valence electrons. The second-order valence-corrected chi connectivity index (χ2v) is 8.73. The largest absolute Gasteiger partial charge is 0.498 e. The zero-order chi connectivity index (χ0) is 21.9. The van der Waals surface area contributed by atoms with Gasteiger partial charge in [-0.05, 0) is 53.0 Å². The summed E-state index contributed by atoms with van der Waals surface area (Å²) in [6, 6.07) is 3.78. The number of nitrogens with two attached hydrogens (primary N) is 1. The molecule has 3 N–H and O–H groups in total. The van der Waals surface area contributed by atoms with E-state index < -0.39 is 7.12 Å². The second kappa shape index (κ2) is 8.66. The van der Waals surface area contributed by atoms with Crippen LogP contribution < -0.4 is 11.2 Å². The molecule has 2 saturated heterocycles. The molecule has 2 aliphatic rings. The molecule has 30 heavy (non-hydrogen) atoms. The SMILES string of the molecule is CC1(C)OB(c2cnc3[nH]ccc3c2N)OC1(C)C.N#CCC(=O)N1CCCCC1. The molecular formula is C21H30BN5O3. The second-order valence-electron chi connectivity index (χ2n) is 8.73. The summed E-state index contributed by atoms with van der Waals surface area (Å²) in [5.74, 6) is -0.00722. The number of hydrogen-bond donors (Lipinski definition) is 2. The highest BCUT2D eigenvalue weighted by molar-refractivity contribution is 6.64. The number of nitriles is 1.